The highest BCUT2D eigenvalue weighted by molar-refractivity contribution is 5.78. The largest absolute Gasteiger partial charge is 0.495 e. The van der Waals surface area contributed by atoms with E-state index < -0.39 is 12.0 Å². The summed E-state index contributed by atoms with van der Waals surface area (Å²) in [5.74, 6) is -0.528. The van der Waals surface area contributed by atoms with Crippen LogP contribution in [0.5, 0.6) is 5.75 Å². The quantitative estimate of drug-likeness (QED) is 0.833. The van der Waals surface area contributed by atoms with Crippen LogP contribution in [0.3, 0.4) is 0 Å². The standard InChI is InChI=1S/C13H16N2O3/c1-8(2)12(13(16)17)15-10-5-4-9(7-14)6-11(10)18-3/h4-6,8,12,15H,1-3H3,(H,16,17). The van der Waals surface area contributed by atoms with Gasteiger partial charge in [0.2, 0.25) is 0 Å². The van der Waals surface area contributed by atoms with Gasteiger partial charge in [0.25, 0.3) is 0 Å². The third kappa shape index (κ3) is 3.14. The topological polar surface area (TPSA) is 82.3 Å². The van der Waals surface area contributed by atoms with Gasteiger partial charge in [-0.3, -0.25) is 0 Å². The minimum Gasteiger partial charge on any atom is -0.495 e. The number of methoxy groups -OCH3 is 1. The first-order chi connectivity index (χ1) is 8.49. The summed E-state index contributed by atoms with van der Waals surface area (Å²) in [7, 11) is 1.48. The maximum absolute atomic E-state index is 11.1. The molecule has 0 aliphatic rings. The molecule has 0 aliphatic heterocycles. The van der Waals surface area contributed by atoms with Crippen molar-refractivity contribution >= 4 is 11.7 Å². The average Bonchev–Trinajstić information content (AvgIpc) is 2.34. The van der Waals surface area contributed by atoms with Gasteiger partial charge in [0.15, 0.2) is 0 Å². The molecule has 0 aliphatic carbocycles. The summed E-state index contributed by atoms with van der Waals surface area (Å²) in [6.45, 7) is 3.64. The lowest BCUT2D eigenvalue weighted by Crippen LogP contribution is -2.34. The molecule has 0 aromatic heterocycles. The summed E-state index contributed by atoms with van der Waals surface area (Å²) in [5, 5.41) is 20.8. The molecule has 1 aromatic carbocycles. The molecular formula is C13H16N2O3. The van der Waals surface area contributed by atoms with Gasteiger partial charge in [0.1, 0.15) is 11.8 Å². The van der Waals surface area contributed by atoms with Crippen LogP contribution in [0.4, 0.5) is 5.69 Å². The minimum atomic E-state index is -0.920. The van der Waals surface area contributed by atoms with Gasteiger partial charge < -0.3 is 15.2 Å². The van der Waals surface area contributed by atoms with Crippen LogP contribution in [0, 0.1) is 17.2 Å². The van der Waals surface area contributed by atoms with E-state index in [1.807, 2.05) is 19.9 Å². The predicted octanol–water partition coefficient (Wildman–Crippen LogP) is 2.09. The fraction of sp³-hybridized carbons (Fsp3) is 0.385. The molecule has 1 rings (SSSR count). The fourth-order valence-electron chi connectivity index (χ4n) is 1.56. The van der Waals surface area contributed by atoms with E-state index in [9.17, 15) is 4.79 Å². The molecule has 0 radical (unpaired) electrons. The lowest BCUT2D eigenvalue weighted by Gasteiger charge is -2.20. The molecule has 0 bridgehead atoms. The summed E-state index contributed by atoms with van der Waals surface area (Å²) < 4.78 is 5.14. The van der Waals surface area contributed by atoms with Gasteiger partial charge in [0.05, 0.1) is 24.4 Å². The summed E-state index contributed by atoms with van der Waals surface area (Å²) in [6, 6.07) is 6.14. The third-order valence-electron chi connectivity index (χ3n) is 2.57. The van der Waals surface area contributed by atoms with E-state index in [1.54, 1.807) is 18.2 Å². The summed E-state index contributed by atoms with van der Waals surface area (Å²) in [6.07, 6.45) is 0. The Morgan fingerprint density at radius 2 is 2.17 bits per heavy atom. The van der Waals surface area contributed by atoms with Crippen molar-refractivity contribution in [1.82, 2.24) is 0 Å². The zero-order valence-corrected chi connectivity index (χ0v) is 10.6. The number of anilines is 1. The SMILES string of the molecule is COc1cc(C#N)ccc1NC(C(=O)O)C(C)C. The van der Waals surface area contributed by atoms with Crippen molar-refractivity contribution in [2.45, 2.75) is 19.9 Å². The molecule has 0 amide bonds. The molecule has 0 saturated carbocycles. The highest BCUT2D eigenvalue weighted by Gasteiger charge is 2.22. The number of rotatable bonds is 5. The van der Waals surface area contributed by atoms with Crippen LogP contribution in [-0.2, 0) is 4.79 Å². The van der Waals surface area contributed by atoms with Gasteiger partial charge in [-0.2, -0.15) is 5.26 Å². The number of ether oxygens (including phenoxy) is 1. The molecule has 1 aromatic rings. The van der Waals surface area contributed by atoms with Crippen LogP contribution < -0.4 is 10.1 Å². The maximum Gasteiger partial charge on any atom is 0.326 e. The Balaban J connectivity index is 3.03. The Morgan fingerprint density at radius 1 is 1.50 bits per heavy atom. The minimum absolute atomic E-state index is 0.0668. The molecule has 18 heavy (non-hydrogen) atoms. The van der Waals surface area contributed by atoms with Crippen molar-refractivity contribution in [3.05, 3.63) is 23.8 Å². The van der Waals surface area contributed by atoms with E-state index in [1.165, 1.54) is 7.11 Å². The smallest absolute Gasteiger partial charge is 0.326 e. The fourth-order valence-corrected chi connectivity index (χ4v) is 1.56. The first kappa shape index (κ1) is 13.8. The van der Waals surface area contributed by atoms with E-state index in [0.29, 0.717) is 17.0 Å². The van der Waals surface area contributed by atoms with E-state index in [2.05, 4.69) is 5.32 Å². The maximum atomic E-state index is 11.1. The van der Waals surface area contributed by atoms with Crippen LogP contribution in [0.2, 0.25) is 0 Å². The van der Waals surface area contributed by atoms with Gasteiger partial charge in [-0.15, -0.1) is 0 Å². The summed E-state index contributed by atoms with van der Waals surface area (Å²) >= 11 is 0. The van der Waals surface area contributed by atoms with E-state index in [0.717, 1.165) is 0 Å². The third-order valence-corrected chi connectivity index (χ3v) is 2.57. The Hall–Kier alpha value is -2.22. The van der Waals surface area contributed by atoms with Gasteiger partial charge in [0, 0.05) is 6.07 Å². The van der Waals surface area contributed by atoms with Gasteiger partial charge in [-0.05, 0) is 18.1 Å². The van der Waals surface area contributed by atoms with E-state index in [4.69, 9.17) is 15.1 Å². The van der Waals surface area contributed by atoms with Crippen molar-refractivity contribution in [3.63, 3.8) is 0 Å². The number of carbonyl (C=O) groups is 1. The second kappa shape index (κ2) is 5.92. The second-order valence-electron chi connectivity index (χ2n) is 4.23. The van der Waals surface area contributed by atoms with Crippen molar-refractivity contribution in [3.8, 4) is 11.8 Å². The predicted molar refractivity (Wildman–Crippen MR) is 67.6 cm³/mol. The normalized spacial score (nSPS) is 11.7. The molecule has 96 valence electrons. The molecule has 0 spiro atoms. The van der Waals surface area contributed by atoms with Gasteiger partial charge in [-0.1, -0.05) is 13.8 Å². The molecular weight excluding hydrogens is 232 g/mol. The number of hydrogen-bond acceptors (Lipinski definition) is 4. The van der Waals surface area contributed by atoms with Crippen molar-refractivity contribution in [2.24, 2.45) is 5.92 Å². The number of nitriles is 1. The van der Waals surface area contributed by atoms with Crippen LogP contribution in [0.25, 0.3) is 0 Å². The Kier molecular flexibility index (Phi) is 4.55. The number of benzene rings is 1. The lowest BCUT2D eigenvalue weighted by molar-refractivity contribution is -0.138. The number of nitrogens with one attached hydrogen (secondary N) is 1. The first-order valence-electron chi connectivity index (χ1n) is 5.57. The molecule has 2 N–H and O–H groups in total. The molecule has 5 nitrogen and oxygen atoms in total. The molecule has 0 fully saturated rings. The van der Waals surface area contributed by atoms with Crippen LogP contribution in [0.15, 0.2) is 18.2 Å². The Labute approximate surface area is 106 Å². The van der Waals surface area contributed by atoms with Gasteiger partial charge >= 0.3 is 5.97 Å². The van der Waals surface area contributed by atoms with Gasteiger partial charge in [-0.25, -0.2) is 4.79 Å². The van der Waals surface area contributed by atoms with Crippen molar-refractivity contribution in [1.29, 1.82) is 5.26 Å². The Morgan fingerprint density at radius 3 is 2.61 bits per heavy atom. The number of aliphatic carboxylic acids is 1. The number of hydrogen-bond donors (Lipinski definition) is 2. The van der Waals surface area contributed by atoms with Crippen molar-refractivity contribution < 1.29 is 14.6 Å². The summed E-state index contributed by atoms with van der Waals surface area (Å²) in [5.41, 5.74) is 1.03. The molecule has 0 heterocycles. The van der Waals surface area contributed by atoms with Crippen LogP contribution in [-0.4, -0.2) is 24.2 Å². The van der Waals surface area contributed by atoms with Crippen LogP contribution in [0.1, 0.15) is 19.4 Å². The molecule has 5 heteroatoms. The van der Waals surface area contributed by atoms with Crippen LogP contribution >= 0.6 is 0 Å². The lowest BCUT2D eigenvalue weighted by atomic mass is 10.0. The molecule has 0 saturated heterocycles. The van der Waals surface area contributed by atoms with E-state index in [-0.39, 0.29) is 5.92 Å². The highest BCUT2D eigenvalue weighted by Crippen LogP contribution is 2.27. The zero-order chi connectivity index (χ0) is 13.7. The Bertz CT molecular complexity index is 478. The first-order valence-corrected chi connectivity index (χ1v) is 5.57. The highest BCUT2D eigenvalue weighted by atomic mass is 16.5. The monoisotopic (exact) mass is 248 g/mol. The number of nitrogens with zero attached hydrogens (tertiary/aromatic N) is 1. The second-order valence-corrected chi connectivity index (χ2v) is 4.23. The summed E-state index contributed by atoms with van der Waals surface area (Å²) in [4.78, 5) is 11.1. The molecule has 1 unspecified atom stereocenters. The van der Waals surface area contributed by atoms with Crippen molar-refractivity contribution in [2.75, 3.05) is 12.4 Å². The zero-order valence-electron chi connectivity index (χ0n) is 10.6. The van der Waals surface area contributed by atoms with E-state index >= 15 is 0 Å². The number of carboxylic acid groups (broad SMARTS) is 1. The molecule has 1 atom stereocenters. The number of carboxylic acids is 1. The average molecular weight is 248 g/mol.